The molecule has 1 fully saturated rings. The summed E-state index contributed by atoms with van der Waals surface area (Å²) < 4.78 is 1.62. The maximum absolute atomic E-state index is 12.3. The lowest BCUT2D eigenvalue weighted by Gasteiger charge is -2.39. The van der Waals surface area contributed by atoms with Gasteiger partial charge in [-0.3, -0.25) is 19.2 Å². The van der Waals surface area contributed by atoms with Gasteiger partial charge in [0.15, 0.2) is 0 Å². The summed E-state index contributed by atoms with van der Waals surface area (Å²) in [6.07, 6.45) is 3.36. The number of amides is 2. The molecule has 2 unspecified atom stereocenters. The average molecular weight is 250 g/mol. The third kappa shape index (κ3) is 1.98. The van der Waals surface area contributed by atoms with E-state index in [4.69, 9.17) is 0 Å². The van der Waals surface area contributed by atoms with Crippen LogP contribution in [0, 0.1) is 5.92 Å². The van der Waals surface area contributed by atoms with Gasteiger partial charge in [-0.25, -0.2) is 0 Å². The molecule has 0 aliphatic carbocycles. The van der Waals surface area contributed by atoms with E-state index in [0.717, 1.165) is 0 Å². The van der Waals surface area contributed by atoms with E-state index in [1.54, 1.807) is 35.9 Å². The first-order chi connectivity index (χ1) is 8.41. The highest BCUT2D eigenvalue weighted by atomic mass is 16.2. The molecule has 1 aromatic heterocycles. The molecule has 2 amide bonds. The number of aryl methyl sites for hydroxylation is 1. The van der Waals surface area contributed by atoms with Crippen molar-refractivity contribution in [3.8, 4) is 0 Å². The number of rotatable bonds is 2. The minimum Gasteiger partial charge on any atom is -0.343 e. The van der Waals surface area contributed by atoms with Crippen molar-refractivity contribution in [1.29, 1.82) is 0 Å². The molecule has 98 valence electrons. The van der Waals surface area contributed by atoms with Crippen LogP contribution in [0.4, 0.5) is 5.69 Å². The topological polar surface area (TPSA) is 67.2 Å². The van der Waals surface area contributed by atoms with Crippen molar-refractivity contribution >= 4 is 17.5 Å². The molecular formula is C12H18N4O2. The third-order valence-electron chi connectivity index (χ3n) is 3.11. The lowest BCUT2D eigenvalue weighted by atomic mass is 9.97. The molecule has 2 rings (SSSR count). The minimum atomic E-state index is -0.493. The van der Waals surface area contributed by atoms with E-state index in [9.17, 15) is 9.59 Å². The van der Waals surface area contributed by atoms with E-state index in [0.29, 0.717) is 5.69 Å². The molecule has 18 heavy (non-hydrogen) atoms. The quantitative estimate of drug-likeness (QED) is 0.820. The van der Waals surface area contributed by atoms with Crippen LogP contribution in [0.25, 0.3) is 0 Å². The highest BCUT2D eigenvalue weighted by Crippen LogP contribution is 2.24. The Morgan fingerprint density at radius 2 is 2.06 bits per heavy atom. The largest absolute Gasteiger partial charge is 0.343 e. The Kier molecular flexibility index (Phi) is 3.11. The number of carbonyl (C=O) groups is 2. The molecule has 1 saturated heterocycles. The van der Waals surface area contributed by atoms with Gasteiger partial charge in [0.25, 0.3) is 0 Å². The summed E-state index contributed by atoms with van der Waals surface area (Å²) in [5.41, 5.74) is 0.669. The van der Waals surface area contributed by atoms with Gasteiger partial charge in [-0.15, -0.1) is 0 Å². The summed E-state index contributed by atoms with van der Waals surface area (Å²) >= 11 is 0. The number of anilines is 1. The van der Waals surface area contributed by atoms with Gasteiger partial charge in [-0.05, 0) is 12.8 Å². The molecule has 6 nitrogen and oxygen atoms in total. The zero-order chi connectivity index (χ0) is 13.4. The highest BCUT2D eigenvalue weighted by Gasteiger charge is 2.41. The number of piperazine rings is 1. The zero-order valence-electron chi connectivity index (χ0n) is 11.0. The maximum Gasteiger partial charge on any atom is 0.250 e. The lowest BCUT2D eigenvalue weighted by Crippen LogP contribution is -2.64. The van der Waals surface area contributed by atoms with E-state index in [1.165, 1.54) is 0 Å². The predicted molar refractivity (Wildman–Crippen MR) is 66.9 cm³/mol. The van der Waals surface area contributed by atoms with Crippen molar-refractivity contribution in [2.24, 2.45) is 13.0 Å². The summed E-state index contributed by atoms with van der Waals surface area (Å²) in [6, 6.07) is -0.967. The summed E-state index contributed by atoms with van der Waals surface area (Å²) in [5.74, 6) is -0.163. The first-order valence-electron chi connectivity index (χ1n) is 6.04. The second kappa shape index (κ2) is 4.44. The van der Waals surface area contributed by atoms with Gasteiger partial charge in [-0.2, -0.15) is 5.10 Å². The molecule has 1 aromatic rings. The van der Waals surface area contributed by atoms with E-state index < -0.39 is 12.1 Å². The average Bonchev–Trinajstić information content (AvgIpc) is 2.69. The molecule has 0 aromatic carbocycles. The second-order valence-electron chi connectivity index (χ2n) is 5.00. The molecule has 0 bridgehead atoms. The molecular weight excluding hydrogens is 232 g/mol. The van der Waals surface area contributed by atoms with Crippen molar-refractivity contribution in [1.82, 2.24) is 15.1 Å². The Bertz CT molecular complexity index is 480. The Hall–Kier alpha value is -1.85. The molecule has 2 atom stereocenters. The third-order valence-corrected chi connectivity index (χ3v) is 3.11. The van der Waals surface area contributed by atoms with Crippen molar-refractivity contribution < 1.29 is 9.59 Å². The fourth-order valence-corrected chi connectivity index (χ4v) is 2.24. The molecule has 1 aliphatic heterocycles. The number of nitrogens with one attached hydrogen (secondary N) is 1. The van der Waals surface area contributed by atoms with Crippen LogP contribution in [-0.4, -0.2) is 33.7 Å². The number of carbonyl (C=O) groups excluding carboxylic acids is 2. The van der Waals surface area contributed by atoms with Crippen LogP contribution >= 0.6 is 0 Å². The number of hydrogen-bond donors (Lipinski definition) is 1. The molecule has 6 heteroatoms. The van der Waals surface area contributed by atoms with Crippen LogP contribution in [-0.2, 0) is 16.6 Å². The summed E-state index contributed by atoms with van der Waals surface area (Å²) in [5, 5.41) is 6.77. The Labute approximate surface area is 106 Å². The number of hydrogen-bond acceptors (Lipinski definition) is 3. The van der Waals surface area contributed by atoms with E-state index in [-0.39, 0.29) is 17.7 Å². The normalized spacial score (nSPS) is 24.6. The predicted octanol–water partition coefficient (Wildman–Crippen LogP) is 0.296. The maximum atomic E-state index is 12.3. The number of aromatic nitrogens is 2. The second-order valence-corrected chi connectivity index (χ2v) is 5.00. The van der Waals surface area contributed by atoms with Gasteiger partial charge in [0.05, 0.1) is 11.9 Å². The molecule has 1 N–H and O–H groups in total. The Balaban J connectivity index is 2.43. The standard InChI is InChI=1S/C12H18N4O2/c1-7(2)10-11(17)14-8(3)12(18)16(10)9-5-13-15(4)6-9/h5-8,10H,1-4H3,(H,14,17). The molecule has 0 spiro atoms. The lowest BCUT2D eigenvalue weighted by molar-refractivity contribution is -0.134. The van der Waals surface area contributed by atoms with E-state index in [1.807, 2.05) is 13.8 Å². The first-order valence-corrected chi connectivity index (χ1v) is 6.04. The molecule has 0 saturated carbocycles. The van der Waals surface area contributed by atoms with Crippen molar-refractivity contribution in [2.75, 3.05) is 4.90 Å². The smallest absolute Gasteiger partial charge is 0.250 e. The van der Waals surface area contributed by atoms with Crippen LogP contribution in [0.1, 0.15) is 20.8 Å². The zero-order valence-corrected chi connectivity index (χ0v) is 11.0. The fourth-order valence-electron chi connectivity index (χ4n) is 2.24. The molecule has 0 radical (unpaired) electrons. The molecule has 2 heterocycles. The summed E-state index contributed by atoms with van der Waals surface area (Å²) in [7, 11) is 1.78. The van der Waals surface area contributed by atoms with Crippen molar-refractivity contribution in [3.63, 3.8) is 0 Å². The highest BCUT2D eigenvalue weighted by molar-refractivity contribution is 6.08. The van der Waals surface area contributed by atoms with Gasteiger partial charge in [-0.1, -0.05) is 13.8 Å². The van der Waals surface area contributed by atoms with Crippen LogP contribution in [0.2, 0.25) is 0 Å². The van der Waals surface area contributed by atoms with Gasteiger partial charge >= 0.3 is 0 Å². The Morgan fingerprint density at radius 1 is 1.39 bits per heavy atom. The van der Waals surface area contributed by atoms with Crippen molar-refractivity contribution in [2.45, 2.75) is 32.9 Å². The van der Waals surface area contributed by atoms with Crippen LogP contribution in [0.3, 0.4) is 0 Å². The van der Waals surface area contributed by atoms with E-state index >= 15 is 0 Å². The van der Waals surface area contributed by atoms with Crippen LogP contribution < -0.4 is 10.2 Å². The van der Waals surface area contributed by atoms with Crippen molar-refractivity contribution in [3.05, 3.63) is 12.4 Å². The van der Waals surface area contributed by atoms with Gasteiger partial charge in [0, 0.05) is 13.2 Å². The van der Waals surface area contributed by atoms with E-state index in [2.05, 4.69) is 10.4 Å². The first kappa shape index (κ1) is 12.6. The Morgan fingerprint density at radius 3 is 2.56 bits per heavy atom. The fraction of sp³-hybridized carbons (Fsp3) is 0.583. The van der Waals surface area contributed by atoms with Gasteiger partial charge in [0.1, 0.15) is 12.1 Å². The minimum absolute atomic E-state index is 0.0432. The van der Waals surface area contributed by atoms with Gasteiger partial charge < -0.3 is 5.32 Å². The van der Waals surface area contributed by atoms with Gasteiger partial charge in [0.2, 0.25) is 11.8 Å². The SMILES string of the molecule is CC1NC(=O)C(C(C)C)N(c2cnn(C)c2)C1=O. The van der Waals surface area contributed by atoms with Crippen LogP contribution in [0.15, 0.2) is 12.4 Å². The number of nitrogens with zero attached hydrogens (tertiary/aromatic N) is 3. The van der Waals surface area contributed by atoms with Crippen LogP contribution in [0.5, 0.6) is 0 Å². The molecule has 1 aliphatic rings. The monoisotopic (exact) mass is 250 g/mol. The summed E-state index contributed by atoms with van der Waals surface area (Å²) in [4.78, 5) is 25.9. The summed E-state index contributed by atoms with van der Waals surface area (Å²) in [6.45, 7) is 5.55.